The molecule has 1 atom stereocenters. The molecule has 0 bridgehead atoms. The average molecular weight is 140 g/mol. The molecule has 1 unspecified atom stereocenters. The molecular weight excluding hydrogens is 124 g/mol. The predicted molar refractivity (Wildman–Crippen MR) is 41.8 cm³/mol. The smallest absolute Gasteiger partial charge is 0.0120 e. The van der Waals surface area contributed by atoms with Gasteiger partial charge in [-0.15, -0.1) is 0 Å². The lowest BCUT2D eigenvalue weighted by atomic mass is 9.90. The van der Waals surface area contributed by atoms with Crippen molar-refractivity contribution in [2.45, 2.75) is 25.3 Å². The lowest BCUT2D eigenvalue weighted by Crippen LogP contribution is -2.46. The minimum absolute atomic E-state index is 0.503. The van der Waals surface area contributed by atoms with Gasteiger partial charge in [-0.05, 0) is 38.3 Å². The van der Waals surface area contributed by atoms with E-state index in [1.165, 1.54) is 32.4 Å². The van der Waals surface area contributed by atoms with Crippen LogP contribution in [0.2, 0.25) is 0 Å². The van der Waals surface area contributed by atoms with E-state index in [2.05, 4.69) is 11.9 Å². The van der Waals surface area contributed by atoms with E-state index < -0.39 is 0 Å². The van der Waals surface area contributed by atoms with Gasteiger partial charge < -0.3 is 10.6 Å². The summed E-state index contributed by atoms with van der Waals surface area (Å²) < 4.78 is 0. The molecule has 2 N–H and O–H groups in total. The van der Waals surface area contributed by atoms with Crippen molar-refractivity contribution in [3.8, 4) is 0 Å². The maximum Gasteiger partial charge on any atom is 0.0120 e. The number of hydrogen-bond acceptors (Lipinski definition) is 2. The molecule has 0 aromatic rings. The lowest BCUT2D eigenvalue weighted by Gasteiger charge is -2.34. The van der Waals surface area contributed by atoms with Gasteiger partial charge >= 0.3 is 0 Å². The standard InChI is InChI=1S/C8H16N2/c1-10-5-2-7(9)8(6-10)3-4-8/h7H,2-6,9H2,1H3. The normalized spacial score (nSPS) is 38.4. The highest BCUT2D eigenvalue weighted by molar-refractivity contribution is 5.04. The topological polar surface area (TPSA) is 29.3 Å². The number of piperidine rings is 1. The minimum atomic E-state index is 0.503. The third-order valence-electron chi connectivity index (χ3n) is 3.09. The van der Waals surface area contributed by atoms with Crippen molar-refractivity contribution in [1.29, 1.82) is 0 Å². The van der Waals surface area contributed by atoms with E-state index in [1.807, 2.05) is 0 Å². The number of likely N-dealkylation sites (tertiary alicyclic amines) is 1. The molecule has 1 spiro atoms. The third kappa shape index (κ3) is 0.867. The van der Waals surface area contributed by atoms with Crippen LogP contribution in [0.25, 0.3) is 0 Å². The van der Waals surface area contributed by atoms with Crippen molar-refractivity contribution >= 4 is 0 Å². The van der Waals surface area contributed by atoms with Crippen LogP contribution in [0.15, 0.2) is 0 Å². The van der Waals surface area contributed by atoms with Crippen molar-refractivity contribution in [2.24, 2.45) is 11.1 Å². The first-order valence-corrected chi connectivity index (χ1v) is 4.17. The summed E-state index contributed by atoms with van der Waals surface area (Å²) in [7, 11) is 2.20. The Bertz CT molecular complexity index is 140. The molecule has 2 fully saturated rings. The molecule has 2 nitrogen and oxygen atoms in total. The summed E-state index contributed by atoms with van der Waals surface area (Å²) in [4.78, 5) is 2.41. The van der Waals surface area contributed by atoms with Crippen LogP contribution in [0.1, 0.15) is 19.3 Å². The summed E-state index contributed by atoms with van der Waals surface area (Å²) in [6, 6.07) is 0.503. The quantitative estimate of drug-likeness (QED) is 0.528. The van der Waals surface area contributed by atoms with Crippen LogP contribution >= 0.6 is 0 Å². The molecule has 0 amide bonds. The van der Waals surface area contributed by atoms with E-state index in [9.17, 15) is 0 Å². The van der Waals surface area contributed by atoms with Gasteiger partial charge in [0.15, 0.2) is 0 Å². The van der Waals surface area contributed by atoms with Gasteiger partial charge in [0.2, 0.25) is 0 Å². The maximum atomic E-state index is 6.01. The molecule has 10 heavy (non-hydrogen) atoms. The molecule has 1 aliphatic carbocycles. The Balaban J connectivity index is 2.03. The van der Waals surface area contributed by atoms with E-state index in [0.717, 1.165) is 0 Å². The van der Waals surface area contributed by atoms with Crippen LogP contribution in [0.3, 0.4) is 0 Å². The molecule has 1 saturated carbocycles. The Kier molecular flexibility index (Phi) is 1.29. The minimum Gasteiger partial charge on any atom is -0.327 e. The molecule has 0 aromatic carbocycles. The molecule has 2 heteroatoms. The summed E-state index contributed by atoms with van der Waals surface area (Å²) in [5.74, 6) is 0. The Morgan fingerprint density at radius 3 is 2.70 bits per heavy atom. The second-order valence-electron chi connectivity index (χ2n) is 4.00. The Hall–Kier alpha value is -0.0800. The fourth-order valence-electron chi connectivity index (χ4n) is 2.09. The second kappa shape index (κ2) is 1.95. The van der Waals surface area contributed by atoms with E-state index >= 15 is 0 Å². The van der Waals surface area contributed by atoms with Gasteiger partial charge in [-0.2, -0.15) is 0 Å². The number of nitrogens with two attached hydrogens (primary N) is 1. The highest BCUT2D eigenvalue weighted by Crippen LogP contribution is 2.50. The van der Waals surface area contributed by atoms with Crippen LogP contribution in [0.4, 0.5) is 0 Å². The van der Waals surface area contributed by atoms with Gasteiger partial charge in [0, 0.05) is 12.6 Å². The van der Waals surface area contributed by atoms with Gasteiger partial charge in [-0.1, -0.05) is 0 Å². The molecule has 1 aliphatic heterocycles. The SMILES string of the molecule is CN1CCC(N)C2(CC2)C1. The molecule has 1 heterocycles. The zero-order valence-corrected chi connectivity index (χ0v) is 6.64. The fraction of sp³-hybridized carbons (Fsp3) is 1.00. The van der Waals surface area contributed by atoms with Crippen LogP contribution in [0, 0.1) is 5.41 Å². The number of nitrogens with zero attached hydrogens (tertiary/aromatic N) is 1. The molecule has 1 saturated heterocycles. The Morgan fingerprint density at radius 1 is 1.50 bits per heavy atom. The first kappa shape index (κ1) is 6.62. The van der Waals surface area contributed by atoms with Gasteiger partial charge in [0.1, 0.15) is 0 Å². The summed E-state index contributed by atoms with van der Waals surface area (Å²) >= 11 is 0. The molecule has 58 valence electrons. The van der Waals surface area contributed by atoms with Crippen LogP contribution in [-0.2, 0) is 0 Å². The second-order valence-corrected chi connectivity index (χ2v) is 4.00. The largest absolute Gasteiger partial charge is 0.327 e. The van der Waals surface area contributed by atoms with E-state index in [1.54, 1.807) is 0 Å². The summed E-state index contributed by atoms with van der Waals surface area (Å²) in [6.07, 6.45) is 3.95. The van der Waals surface area contributed by atoms with Gasteiger partial charge in [-0.25, -0.2) is 0 Å². The Morgan fingerprint density at radius 2 is 2.20 bits per heavy atom. The zero-order chi connectivity index (χ0) is 7.19. The van der Waals surface area contributed by atoms with Crippen molar-refractivity contribution < 1.29 is 0 Å². The number of rotatable bonds is 0. The van der Waals surface area contributed by atoms with Gasteiger partial charge in [0.25, 0.3) is 0 Å². The first-order valence-electron chi connectivity index (χ1n) is 4.17. The number of hydrogen-bond donors (Lipinski definition) is 1. The van der Waals surface area contributed by atoms with Crippen molar-refractivity contribution in [3.63, 3.8) is 0 Å². The van der Waals surface area contributed by atoms with E-state index in [0.29, 0.717) is 11.5 Å². The van der Waals surface area contributed by atoms with Crippen LogP contribution in [0.5, 0.6) is 0 Å². The lowest BCUT2D eigenvalue weighted by molar-refractivity contribution is 0.169. The monoisotopic (exact) mass is 140 g/mol. The highest BCUT2D eigenvalue weighted by atomic mass is 15.1. The van der Waals surface area contributed by atoms with Gasteiger partial charge in [0.05, 0.1) is 0 Å². The van der Waals surface area contributed by atoms with E-state index in [-0.39, 0.29) is 0 Å². The predicted octanol–water partition coefficient (Wildman–Crippen LogP) is 0.429. The zero-order valence-electron chi connectivity index (χ0n) is 6.64. The summed E-state index contributed by atoms with van der Waals surface area (Å²) in [5.41, 5.74) is 6.57. The van der Waals surface area contributed by atoms with Crippen molar-refractivity contribution in [3.05, 3.63) is 0 Å². The summed E-state index contributed by atoms with van der Waals surface area (Å²) in [5, 5.41) is 0. The van der Waals surface area contributed by atoms with Gasteiger partial charge in [-0.3, -0.25) is 0 Å². The first-order chi connectivity index (χ1) is 4.73. The molecule has 0 aromatic heterocycles. The molecule has 2 rings (SSSR count). The maximum absolute atomic E-state index is 6.01. The van der Waals surface area contributed by atoms with Crippen LogP contribution < -0.4 is 5.73 Å². The molecule has 0 radical (unpaired) electrons. The average Bonchev–Trinajstić information content (AvgIpc) is 2.62. The van der Waals surface area contributed by atoms with Crippen molar-refractivity contribution in [1.82, 2.24) is 4.90 Å². The van der Waals surface area contributed by atoms with Crippen LogP contribution in [-0.4, -0.2) is 31.1 Å². The van der Waals surface area contributed by atoms with Crippen molar-refractivity contribution in [2.75, 3.05) is 20.1 Å². The fourth-order valence-corrected chi connectivity index (χ4v) is 2.09. The van der Waals surface area contributed by atoms with E-state index in [4.69, 9.17) is 5.73 Å². The molecular formula is C8H16N2. The Labute approximate surface area is 62.4 Å². The highest BCUT2D eigenvalue weighted by Gasteiger charge is 2.49. The summed E-state index contributed by atoms with van der Waals surface area (Å²) in [6.45, 7) is 2.44. The molecule has 2 aliphatic rings. The third-order valence-corrected chi connectivity index (χ3v) is 3.09.